The zero-order valence-corrected chi connectivity index (χ0v) is 13.2. The summed E-state index contributed by atoms with van der Waals surface area (Å²) in [4.78, 5) is 26.1. The Morgan fingerprint density at radius 1 is 1.24 bits per heavy atom. The second-order valence-corrected chi connectivity index (χ2v) is 6.39. The Labute approximate surface area is 126 Å². The van der Waals surface area contributed by atoms with E-state index < -0.39 is 11.6 Å². The van der Waals surface area contributed by atoms with Crippen LogP contribution < -0.4 is 5.32 Å². The third-order valence-corrected chi connectivity index (χ3v) is 4.25. The van der Waals surface area contributed by atoms with Gasteiger partial charge in [0.1, 0.15) is 11.6 Å². The Bertz CT molecular complexity index is 525. The lowest BCUT2D eigenvalue weighted by molar-refractivity contribution is -0.152. The lowest BCUT2D eigenvalue weighted by atomic mass is 9.94. The van der Waals surface area contributed by atoms with Crippen molar-refractivity contribution >= 4 is 11.8 Å². The predicted octanol–water partition coefficient (Wildman–Crippen LogP) is 2.31. The summed E-state index contributed by atoms with van der Waals surface area (Å²) in [5.74, 6) is 0.279. The van der Waals surface area contributed by atoms with E-state index in [-0.39, 0.29) is 11.8 Å². The SMILES string of the molecule is CC(CCN1C(=O)C(C)(C)NC(=O)C1C)c1ccccc1. The van der Waals surface area contributed by atoms with E-state index in [1.54, 1.807) is 25.7 Å². The molecule has 21 heavy (non-hydrogen) atoms. The first-order valence-electron chi connectivity index (χ1n) is 7.51. The Morgan fingerprint density at radius 2 is 1.86 bits per heavy atom. The highest BCUT2D eigenvalue weighted by Crippen LogP contribution is 2.23. The molecule has 1 N–H and O–H groups in total. The predicted molar refractivity (Wildman–Crippen MR) is 82.9 cm³/mol. The molecule has 1 aliphatic rings. The molecule has 4 heteroatoms. The lowest BCUT2D eigenvalue weighted by Crippen LogP contribution is -2.67. The summed E-state index contributed by atoms with van der Waals surface area (Å²) in [5.41, 5.74) is 0.456. The van der Waals surface area contributed by atoms with Gasteiger partial charge in [0.2, 0.25) is 11.8 Å². The van der Waals surface area contributed by atoms with Crippen molar-refractivity contribution in [2.75, 3.05) is 6.54 Å². The van der Waals surface area contributed by atoms with Crippen LogP contribution in [0.3, 0.4) is 0 Å². The second kappa shape index (κ2) is 5.88. The number of carbonyl (C=O) groups excluding carboxylic acids is 2. The molecule has 2 amide bonds. The van der Waals surface area contributed by atoms with E-state index in [0.29, 0.717) is 12.5 Å². The summed E-state index contributed by atoms with van der Waals surface area (Å²) in [5, 5.41) is 2.77. The smallest absolute Gasteiger partial charge is 0.248 e. The Morgan fingerprint density at radius 3 is 2.48 bits per heavy atom. The number of nitrogens with zero attached hydrogens (tertiary/aromatic N) is 1. The first-order valence-corrected chi connectivity index (χ1v) is 7.51. The van der Waals surface area contributed by atoms with Gasteiger partial charge in [-0.2, -0.15) is 0 Å². The Hall–Kier alpha value is -1.84. The minimum atomic E-state index is -0.806. The fraction of sp³-hybridized carbons (Fsp3) is 0.529. The molecule has 0 aliphatic carbocycles. The maximum Gasteiger partial charge on any atom is 0.248 e. The molecule has 0 bridgehead atoms. The molecular formula is C17H24N2O2. The molecule has 114 valence electrons. The Balaban J connectivity index is 2.04. The molecule has 0 radical (unpaired) electrons. The van der Waals surface area contributed by atoms with Gasteiger partial charge in [0.05, 0.1) is 0 Å². The summed E-state index contributed by atoms with van der Waals surface area (Å²) >= 11 is 0. The van der Waals surface area contributed by atoms with Crippen LogP contribution in [0.25, 0.3) is 0 Å². The van der Waals surface area contributed by atoms with Gasteiger partial charge in [-0.05, 0) is 38.7 Å². The van der Waals surface area contributed by atoms with Gasteiger partial charge in [-0.1, -0.05) is 37.3 Å². The van der Waals surface area contributed by atoms with Crippen molar-refractivity contribution in [2.24, 2.45) is 0 Å². The summed E-state index contributed by atoms with van der Waals surface area (Å²) in [6.45, 7) is 8.06. The minimum Gasteiger partial charge on any atom is -0.340 e. The van der Waals surface area contributed by atoms with Gasteiger partial charge in [-0.3, -0.25) is 9.59 Å². The van der Waals surface area contributed by atoms with E-state index in [2.05, 4.69) is 24.4 Å². The number of rotatable bonds is 4. The van der Waals surface area contributed by atoms with Crippen LogP contribution in [-0.4, -0.2) is 34.8 Å². The number of benzene rings is 1. The maximum absolute atomic E-state index is 12.5. The average molecular weight is 288 g/mol. The first kappa shape index (κ1) is 15.5. The van der Waals surface area contributed by atoms with Crippen molar-refractivity contribution in [3.8, 4) is 0 Å². The summed E-state index contributed by atoms with van der Waals surface area (Å²) in [6.07, 6.45) is 0.851. The molecule has 0 saturated carbocycles. The standard InChI is InChI=1S/C17H24N2O2/c1-12(14-8-6-5-7-9-14)10-11-19-13(2)15(20)18-17(3,4)16(19)21/h5-9,12-13H,10-11H2,1-4H3,(H,18,20). The van der Waals surface area contributed by atoms with Crippen molar-refractivity contribution in [1.29, 1.82) is 0 Å². The normalized spacial score (nSPS) is 22.9. The van der Waals surface area contributed by atoms with Gasteiger partial charge in [0, 0.05) is 6.54 Å². The van der Waals surface area contributed by atoms with Crippen LogP contribution in [-0.2, 0) is 9.59 Å². The molecule has 1 saturated heterocycles. The molecule has 0 aromatic heterocycles. The van der Waals surface area contributed by atoms with Crippen molar-refractivity contribution in [1.82, 2.24) is 10.2 Å². The molecule has 2 unspecified atom stereocenters. The molecule has 2 rings (SSSR count). The van der Waals surface area contributed by atoms with E-state index >= 15 is 0 Å². The van der Waals surface area contributed by atoms with Gasteiger partial charge in [0.15, 0.2) is 0 Å². The fourth-order valence-electron chi connectivity index (χ4n) is 2.72. The summed E-state index contributed by atoms with van der Waals surface area (Å²) < 4.78 is 0. The van der Waals surface area contributed by atoms with E-state index in [1.165, 1.54) is 5.56 Å². The molecule has 2 atom stereocenters. The molecule has 1 aromatic carbocycles. The van der Waals surface area contributed by atoms with Gasteiger partial charge in [-0.25, -0.2) is 0 Å². The quantitative estimate of drug-likeness (QED) is 0.924. The van der Waals surface area contributed by atoms with Gasteiger partial charge >= 0.3 is 0 Å². The molecule has 1 aromatic rings. The van der Waals surface area contributed by atoms with Crippen LogP contribution in [0, 0.1) is 0 Å². The molecule has 1 fully saturated rings. The molecule has 1 heterocycles. The van der Waals surface area contributed by atoms with Crippen LogP contribution in [0.4, 0.5) is 0 Å². The topological polar surface area (TPSA) is 49.4 Å². The zero-order chi connectivity index (χ0) is 15.6. The van der Waals surface area contributed by atoms with Gasteiger partial charge in [-0.15, -0.1) is 0 Å². The molecular weight excluding hydrogens is 264 g/mol. The third-order valence-electron chi connectivity index (χ3n) is 4.25. The van der Waals surface area contributed by atoms with Crippen molar-refractivity contribution in [3.05, 3.63) is 35.9 Å². The van der Waals surface area contributed by atoms with Crippen LogP contribution in [0.1, 0.15) is 45.6 Å². The second-order valence-electron chi connectivity index (χ2n) is 6.39. The maximum atomic E-state index is 12.5. The number of carbonyl (C=O) groups is 2. The number of amides is 2. The number of hydrogen-bond donors (Lipinski definition) is 1. The van der Waals surface area contributed by atoms with Crippen LogP contribution in [0.2, 0.25) is 0 Å². The van der Waals surface area contributed by atoms with E-state index in [1.807, 2.05) is 18.2 Å². The first-order chi connectivity index (χ1) is 9.83. The van der Waals surface area contributed by atoms with Crippen molar-refractivity contribution in [2.45, 2.75) is 51.6 Å². The van der Waals surface area contributed by atoms with Crippen molar-refractivity contribution < 1.29 is 9.59 Å². The monoisotopic (exact) mass is 288 g/mol. The largest absolute Gasteiger partial charge is 0.340 e. The third kappa shape index (κ3) is 3.26. The number of nitrogens with one attached hydrogen (secondary N) is 1. The van der Waals surface area contributed by atoms with E-state index in [0.717, 1.165) is 6.42 Å². The Kier molecular flexibility index (Phi) is 4.35. The highest BCUT2D eigenvalue weighted by molar-refractivity contribution is 5.99. The highest BCUT2D eigenvalue weighted by Gasteiger charge is 2.43. The van der Waals surface area contributed by atoms with Crippen molar-refractivity contribution in [3.63, 3.8) is 0 Å². The van der Waals surface area contributed by atoms with E-state index in [4.69, 9.17) is 0 Å². The number of piperazine rings is 1. The lowest BCUT2D eigenvalue weighted by Gasteiger charge is -2.41. The highest BCUT2D eigenvalue weighted by atomic mass is 16.2. The van der Waals surface area contributed by atoms with Gasteiger partial charge < -0.3 is 10.2 Å². The minimum absolute atomic E-state index is 0.00476. The van der Waals surface area contributed by atoms with Crippen LogP contribution >= 0.6 is 0 Å². The summed E-state index contributed by atoms with van der Waals surface area (Å²) in [7, 11) is 0. The fourth-order valence-corrected chi connectivity index (χ4v) is 2.72. The van der Waals surface area contributed by atoms with Crippen LogP contribution in [0.5, 0.6) is 0 Å². The number of hydrogen-bond acceptors (Lipinski definition) is 2. The molecule has 4 nitrogen and oxygen atoms in total. The van der Waals surface area contributed by atoms with Gasteiger partial charge in [0.25, 0.3) is 0 Å². The molecule has 1 aliphatic heterocycles. The average Bonchev–Trinajstić information content (AvgIpc) is 2.45. The summed E-state index contributed by atoms with van der Waals surface area (Å²) in [6, 6.07) is 9.85. The zero-order valence-electron chi connectivity index (χ0n) is 13.2. The van der Waals surface area contributed by atoms with E-state index in [9.17, 15) is 9.59 Å². The van der Waals surface area contributed by atoms with Crippen LogP contribution in [0.15, 0.2) is 30.3 Å². The molecule has 0 spiro atoms.